The Morgan fingerprint density at radius 1 is 1.20 bits per heavy atom. The first kappa shape index (κ1) is 15.0. The zero-order valence-electron chi connectivity index (χ0n) is 11.8. The summed E-state index contributed by atoms with van der Waals surface area (Å²) in [6, 6.07) is 13.7. The standard InChI is InChI=1S/C17H19BrFN/c1-12-5-3-6-14(11-12)10-9-13(2)20-17-15(18)7-4-8-16(17)19/h3-8,11,13,20H,9-10H2,1-2H3. The zero-order chi connectivity index (χ0) is 14.5. The van der Waals surface area contributed by atoms with Gasteiger partial charge in [-0.2, -0.15) is 0 Å². The lowest BCUT2D eigenvalue weighted by Crippen LogP contribution is -2.17. The molecule has 106 valence electrons. The van der Waals surface area contributed by atoms with E-state index in [-0.39, 0.29) is 11.9 Å². The van der Waals surface area contributed by atoms with Gasteiger partial charge < -0.3 is 5.32 Å². The molecule has 2 aromatic carbocycles. The van der Waals surface area contributed by atoms with E-state index in [9.17, 15) is 4.39 Å². The molecule has 0 saturated carbocycles. The molecule has 0 aliphatic heterocycles. The SMILES string of the molecule is Cc1cccc(CCC(C)Nc2c(F)cccc2Br)c1. The molecule has 3 heteroatoms. The molecule has 0 amide bonds. The highest BCUT2D eigenvalue weighted by atomic mass is 79.9. The van der Waals surface area contributed by atoms with Crippen LogP contribution in [0.1, 0.15) is 24.5 Å². The molecule has 0 radical (unpaired) electrons. The van der Waals surface area contributed by atoms with E-state index in [4.69, 9.17) is 0 Å². The van der Waals surface area contributed by atoms with Crippen molar-refractivity contribution in [2.75, 3.05) is 5.32 Å². The largest absolute Gasteiger partial charge is 0.379 e. The van der Waals surface area contributed by atoms with Crippen LogP contribution in [0.25, 0.3) is 0 Å². The van der Waals surface area contributed by atoms with Gasteiger partial charge in [0.25, 0.3) is 0 Å². The number of benzene rings is 2. The van der Waals surface area contributed by atoms with E-state index in [0.717, 1.165) is 17.3 Å². The highest BCUT2D eigenvalue weighted by Gasteiger charge is 2.09. The van der Waals surface area contributed by atoms with Crippen LogP contribution in [-0.2, 0) is 6.42 Å². The van der Waals surface area contributed by atoms with Crippen molar-refractivity contribution in [3.63, 3.8) is 0 Å². The molecule has 1 N–H and O–H groups in total. The number of anilines is 1. The van der Waals surface area contributed by atoms with E-state index in [2.05, 4.69) is 59.4 Å². The molecule has 2 rings (SSSR count). The Morgan fingerprint density at radius 3 is 2.65 bits per heavy atom. The number of para-hydroxylation sites is 1. The molecule has 0 heterocycles. The van der Waals surface area contributed by atoms with Gasteiger partial charge in [0.05, 0.1) is 5.69 Å². The third kappa shape index (κ3) is 4.07. The van der Waals surface area contributed by atoms with Crippen molar-refractivity contribution in [1.29, 1.82) is 0 Å². The minimum absolute atomic E-state index is 0.212. The van der Waals surface area contributed by atoms with Crippen molar-refractivity contribution in [2.45, 2.75) is 32.7 Å². The molecular formula is C17H19BrFN. The van der Waals surface area contributed by atoms with Crippen LogP contribution in [0.3, 0.4) is 0 Å². The van der Waals surface area contributed by atoms with Gasteiger partial charge in [0, 0.05) is 10.5 Å². The van der Waals surface area contributed by atoms with E-state index >= 15 is 0 Å². The maximum Gasteiger partial charge on any atom is 0.147 e. The molecule has 0 bridgehead atoms. The van der Waals surface area contributed by atoms with Gasteiger partial charge in [-0.25, -0.2) is 4.39 Å². The van der Waals surface area contributed by atoms with Crippen molar-refractivity contribution >= 4 is 21.6 Å². The van der Waals surface area contributed by atoms with E-state index in [0.29, 0.717) is 5.69 Å². The summed E-state index contributed by atoms with van der Waals surface area (Å²) in [6.07, 6.45) is 1.95. The maximum atomic E-state index is 13.7. The lowest BCUT2D eigenvalue weighted by molar-refractivity contribution is 0.621. The fraction of sp³-hybridized carbons (Fsp3) is 0.294. The Morgan fingerprint density at radius 2 is 1.95 bits per heavy atom. The molecule has 0 aromatic heterocycles. The van der Waals surface area contributed by atoms with E-state index in [1.165, 1.54) is 17.2 Å². The molecule has 0 aliphatic rings. The molecule has 0 saturated heterocycles. The smallest absolute Gasteiger partial charge is 0.147 e. The van der Waals surface area contributed by atoms with Gasteiger partial charge in [-0.15, -0.1) is 0 Å². The molecule has 0 spiro atoms. The minimum Gasteiger partial charge on any atom is -0.379 e. The Hall–Kier alpha value is -1.35. The summed E-state index contributed by atoms with van der Waals surface area (Å²) >= 11 is 3.38. The number of hydrogen-bond acceptors (Lipinski definition) is 1. The highest BCUT2D eigenvalue weighted by Crippen LogP contribution is 2.26. The quantitative estimate of drug-likeness (QED) is 0.778. The second-order valence-corrected chi connectivity index (χ2v) is 6.02. The molecular weight excluding hydrogens is 317 g/mol. The zero-order valence-corrected chi connectivity index (χ0v) is 13.4. The van der Waals surface area contributed by atoms with Crippen molar-refractivity contribution in [2.24, 2.45) is 0 Å². The number of hydrogen-bond donors (Lipinski definition) is 1. The second-order valence-electron chi connectivity index (χ2n) is 5.17. The van der Waals surface area contributed by atoms with Gasteiger partial charge in [-0.05, 0) is 60.3 Å². The van der Waals surface area contributed by atoms with Crippen molar-refractivity contribution < 1.29 is 4.39 Å². The van der Waals surface area contributed by atoms with Crippen LogP contribution in [0.15, 0.2) is 46.9 Å². The highest BCUT2D eigenvalue weighted by molar-refractivity contribution is 9.10. The van der Waals surface area contributed by atoms with Crippen LogP contribution in [0.4, 0.5) is 10.1 Å². The van der Waals surface area contributed by atoms with Crippen LogP contribution in [-0.4, -0.2) is 6.04 Å². The first-order valence-electron chi connectivity index (χ1n) is 6.82. The lowest BCUT2D eigenvalue weighted by atomic mass is 10.0. The number of rotatable bonds is 5. The van der Waals surface area contributed by atoms with Crippen LogP contribution in [0, 0.1) is 12.7 Å². The first-order chi connectivity index (χ1) is 9.56. The topological polar surface area (TPSA) is 12.0 Å². The predicted octanol–water partition coefficient (Wildman–Crippen LogP) is 5.33. The van der Waals surface area contributed by atoms with Gasteiger partial charge in [0.2, 0.25) is 0 Å². The monoisotopic (exact) mass is 335 g/mol. The van der Waals surface area contributed by atoms with Gasteiger partial charge in [-0.3, -0.25) is 0 Å². The van der Waals surface area contributed by atoms with E-state index in [1.807, 2.05) is 6.07 Å². The second kappa shape index (κ2) is 6.89. The summed E-state index contributed by atoms with van der Waals surface area (Å²) in [6.45, 7) is 4.18. The average Bonchev–Trinajstić information content (AvgIpc) is 2.41. The summed E-state index contributed by atoms with van der Waals surface area (Å²) in [5, 5.41) is 3.24. The van der Waals surface area contributed by atoms with Gasteiger partial charge in [-0.1, -0.05) is 35.9 Å². The van der Waals surface area contributed by atoms with Crippen molar-refractivity contribution in [1.82, 2.24) is 0 Å². The molecule has 2 aromatic rings. The molecule has 1 nitrogen and oxygen atoms in total. The number of aryl methyl sites for hydroxylation is 2. The summed E-state index contributed by atoms with van der Waals surface area (Å²) in [7, 11) is 0. The van der Waals surface area contributed by atoms with Gasteiger partial charge in [0.15, 0.2) is 0 Å². The fourth-order valence-electron chi connectivity index (χ4n) is 2.21. The minimum atomic E-state index is -0.221. The Kier molecular flexibility index (Phi) is 5.18. The molecule has 1 unspecified atom stereocenters. The Labute approximate surface area is 128 Å². The summed E-state index contributed by atoms with van der Waals surface area (Å²) in [4.78, 5) is 0. The third-order valence-electron chi connectivity index (χ3n) is 3.30. The fourth-order valence-corrected chi connectivity index (χ4v) is 2.66. The number of halogens is 2. The molecule has 0 fully saturated rings. The van der Waals surface area contributed by atoms with Gasteiger partial charge >= 0.3 is 0 Å². The van der Waals surface area contributed by atoms with Crippen molar-refractivity contribution in [3.05, 3.63) is 63.9 Å². The Bertz CT molecular complexity index is 563. The van der Waals surface area contributed by atoms with Crippen LogP contribution >= 0.6 is 15.9 Å². The van der Waals surface area contributed by atoms with Crippen LogP contribution < -0.4 is 5.32 Å². The summed E-state index contributed by atoms with van der Waals surface area (Å²) in [5.74, 6) is -0.221. The van der Waals surface area contributed by atoms with E-state index < -0.39 is 0 Å². The van der Waals surface area contributed by atoms with Gasteiger partial charge in [0.1, 0.15) is 5.82 Å². The number of nitrogens with one attached hydrogen (secondary N) is 1. The maximum absolute atomic E-state index is 13.7. The molecule has 0 aliphatic carbocycles. The molecule has 20 heavy (non-hydrogen) atoms. The Balaban J connectivity index is 1.94. The van der Waals surface area contributed by atoms with Crippen LogP contribution in [0.5, 0.6) is 0 Å². The first-order valence-corrected chi connectivity index (χ1v) is 7.61. The van der Waals surface area contributed by atoms with Crippen LogP contribution in [0.2, 0.25) is 0 Å². The normalized spacial score (nSPS) is 12.2. The average molecular weight is 336 g/mol. The summed E-state index contributed by atoms with van der Waals surface area (Å²) in [5.41, 5.74) is 3.15. The molecule has 1 atom stereocenters. The predicted molar refractivity (Wildman–Crippen MR) is 86.7 cm³/mol. The lowest BCUT2D eigenvalue weighted by Gasteiger charge is -2.17. The van der Waals surface area contributed by atoms with E-state index in [1.54, 1.807) is 6.07 Å². The summed E-state index contributed by atoms with van der Waals surface area (Å²) < 4.78 is 14.5. The third-order valence-corrected chi connectivity index (χ3v) is 3.96. The van der Waals surface area contributed by atoms with Crippen molar-refractivity contribution in [3.8, 4) is 0 Å².